The van der Waals surface area contributed by atoms with E-state index in [0.29, 0.717) is 29.2 Å². The van der Waals surface area contributed by atoms with Crippen molar-refractivity contribution in [1.82, 2.24) is 9.55 Å². The SMILES string of the molecule is CC(CC(C)(C)O)Nc1cc2c(cn1)cc(Oc1ccc(F)cc1F)c(=O)n2C. The molecule has 0 fully saturated rings. The normalized spacial score (nSPS) is 12.8. The predicted octanol–water partition coefficient (Wildman–Crippen LogP) is 3.97. The first kappa shape index (κ1) is 20.7. The van der Waals surface area contributed by atoms with Crippen LogP contribution in [0.15, 0.2) is 41.3 Å². The van der Waals surface area contributed by atoms with E-state index in [1.807, 2.05) is 6.92 Å². The Balaban J connectivity index is 1.92. The Morgan fingerprint density at radius 1 is 1.24 bits per heavy atom. The molecule has 0 radical (unpaired) electrons. The molecule has 8 heteroatoms. The monoisotopic (exact) mass is 403 g/mol. The molecule has 154 valence electrons. The summed E-state index contributed by atoms with van der Waals surface area (Å²) in [4.78, 5) is 17.0. The lowest BCUT2D eigenvalue weighted by atomic mass is 10.0. The van der Waals surface area contributed by atoms with Gasteiger partial charge in [0.05, 0.1) is 11.1 Å². The third kappa shape index (κ3) is 4.89. The van der Waals surface area contributed by atoms with E-state index in [-0.39, 0.29) is 17.5 Å². The van der Waals surface area contributed by atoms with E-state index >= 15 is 0 Å². The summed E-state index contributed by atoms with van der Waals surface area (Å²) in [5.74, 6) is -1.41. The topological polar surface area (TPSA) is 76.4 Å². The second kappa shape index (κ2) is 7.79. The Bertz CT molecular complexity index is 1110. The number of benzene rings is 1. The molecule has 0 aliphatic carbocycles. The minimum Gasteiger partial charge on any atom is -0.448 e. The molecule has 3 rings (SSSR count). The van der Waals surface area contributed by atoms with Gasteiger partial charge in [-0.1, -0.05) is 0 Å². The molecule has 2 N–H and O–H groups in total. The van der Waals surface area contributed by atoms with E-state index in [2.05, 4.69) is 10.3 Å². The fourth-order valence-corrected chi connectivity index (χ4v) is 3.22. The van der Waals surface area contributed by atoms with Crippen molar-refractivity contribution in [1.29, 1.82) is 0 Å². The highest BCUT2D eigenvalue weighted by atomic mass is 19.1. The minimum atomic E-state index is -0.898. The summed E-state index contributed by atoms with van der Waals surface area (Å²) in [7, 11) is 1.57. The van der Waals surface area contributed by atoms with Crippen LogP contribution in [-0.2, 0) is 7.05 Å². The molecule has 1 aromatic carbocycles. The average molecular weight is 403 g/mol. The van der Waals surface area contributed by atoms with Crippen LogP contribution in [0.3, 0.4) is 0 Å². The Morgan fingerprint density at radius 2 is 1.97 bits per heavy atom. The Hall–Kier alpha value is -3.00. The molecule has 1 atom stereocenters. The van der Waals surface area contributed by atoms with E-state index < -0.39 is 22.8 Å². The van der Waals surface area contributed by atoms with Crippen LogP contribution < -0.4 is 15.6 Å². The lowest BCUT2D eigenvalue weighted by Gasteiger charge is -2.23. The van der Waals surface area contributed by atoms with Gasteiger partial charge in [-0.3, -0.25) is 4.79 Å². The second-order valence-electron chi connectivity index (χ2n) is 7.74. The van der Waals surface area contributed by atoms with Gasteiger partial charge in [0.15, 0.2) is 17.3 Å². The van der Waals surface area contributed by atoms with Crippen molar-refractivity contribution in [3.8, 4) is 11.5 Å². The number of pyridine rings is 2. The van der Waals surface area contributed by atoms with Crippen LogP contribution in [-0.4, -0.2) is 26.3 Å². The fraction of sp³-hybridized carbons (Fsp3) is 0.333. The van der Waals surface area contributed by atoms with Crippen molar-refractivity contribution in [3.05, 3.63) is 58.5 Å². The molecule has 0 saturated heterocycles. The number of ether oxygens (including phenoxy) is 1. The highest BCUT2D eigenvalue weighted by Gasteiger charge is 2.18. The highest BCUT2D eigenvalue weighted by molar-refractivity contribution is 5.82. The van der Waals surface area contributed by atoms with Crippen molar-refractivity contribution in [2.75, 3.05) is 5.32 Å². The van der Waals surface area contributed by atoms with Gasteiger partial charge in [0.1, 0.15) is 11.6 Å². The average Bonchev–Trinajstić information content (AvgIpc) is 2.60. The molecule has 0 aliphatic heterocycles. The van der Waals surface area contributed by atoms with E-state index in [1.165, 1.54) is 10.6 Å². The van der Waals surface area contributed by atoms with Crippen LogP contribution >= 0.6 is 0 Å². The van der Waals surface area contributed by atoms with Crippen LogP contribution in [0.1, 0.15) is 27.2 Å². The Labute approximate surface area is 166 Å². The highest BCUT2D eigenvalue weighted by Crippen LogP contribution is 2.26. The van der Waals surface area contributed by atoms with Crippen molar-refractivity contribution in [3.63, 3.8) is 0 Å². The van der Waals surface area contributed by atoms with Crippen LogP contribution in [0.5, 0.6) is 11.5 Å². The van der Waals surface area contributed by atoms with Crippen molar-refractivity contribution >= 4 is 16.7 Å². The molecule has 0 saturated carbocycles. The van der Waals surface area contributed by atoms with Crippen molar-refractivity contribution < 1.29 is 18.6 Å². The molecule has 2 aromatic heterocycles. The summed E-state index contributed by atoms with van der Waals surface area (Å²) >= 11 is 0. The number of aliphatic hydroxyl groups is 1. The van der Waals surface area contributed by atoms with E-state index in [0.717, 1.165) is 12.1 Å². The summed E-state index contributed by atoms with van der Waals surface area (Å²) in [6.45, 7) is 5.39. The largest absolute Gasteiger partial charge is 0.448 e. The van der Waals surface area contributed by atoms with Gasteiger partial charge in [-0.15, -0.1) is 0 Å². The van der Waals surface area contributed by atoms with E-state index in [9.17, 15) is 18.7 Å². The van der Waals surface area contributed by atoms with Gasteiger partial charge in [-0.25, -0.2) is 13.8 Å². The molecule has 0 amide bonds. The minimum absolute atomic E-state index is 0.0407. The van der Waals surface area contributed by atoms with Crippen molar-refractivity contribution in [2.24, 2.45) is 7.05 Å². The molecule has 0 aliphatic rings. The number of hydrogen-bond donors (Lipinski definition) is 2. The lowest BCUT2D eigenvalue weighted by molar-refractivity contribution is 0.0673. The molecule has 3 aromatic rings. The first-order valence-electron chi connectivity index (χ1n) is 9.15. The van der Waals surface area contributed by atoms with E-state index in [4.69, 9.17) is 4.74 Å². The third-order valence-corrected chi connectivity index (χ3v) is 4.39. The first-order chi connectivity index (χ1) is 13.5. The maximum absolute atomic E-state index is 13.9. The maximum atomic E-state index is 13.9. The van der Waals surface area contributed by atoms with Gasteiger partial charge < -0.3 is 19.7 Å². The van der Waals surface area contributed by atoms with Crippen LogP contribution in [0.25, 0.3) is 10.9 Å². The van der Waals surface area contributed by atoms with Gasteiger partial charge in [0.25, 0.3) is 5.56 Å². The zero-order valence-corrected chi connectivity index (χ0v) is 16.7. The summed E-state index contributed by atoms with van der Waals surface area (Å²) in [5, 5.41) is 13.8. The van der Waals surface area contributed by atoms with E-state index in [1.54, 1.807) is 33.2 Å². The predicted molar refractivity (Wildman–Crippen MR) is 107 cm³/mol. The van der Waals surface area contributed by atoms with Gasteiger partial charge >= 0.3 is 0 Å². The lowest BCUT2D eigenvalue weighted by Crippen LogP contribution is -2.29. The zero-order valence-electron chi connectivity index (χ0n) is 16.7. The molecule has 2 heterocycles. The number of aryl methyl sites for hydroxylation is 1. The standard InChI is InChI=1S/C21H23F2N3O3/c1-12(10-21(2,3)28)25-19-9-16-13(11-24-19)7-18(20(27)26(16)4)29-17-6-5-14(22)8-15(17)23/h5-9,11-12,28H,10H2,1-4H3,(H,24,25). The number of hydrogen-bond acceptors (Lipinski definition) is 5. The molecule has 0 bridgehead atoms. The number of aromatic nitrogens is 2. The molecular weight excluding hydrogens is 380 g/mol. The van der Waals surface area contributed by atoms with Gasteiger partial charge in [-0.2, -0.15) is 0 Å². The number of halogens is 2. The van der Waals surface area contributed by atoms with Gasteiger partial charge in [0, 0.05) is 36.8 Å². The summed E-state index contributed by atoms with van der Waals surface area (Å²) in [5.41, 5.74) is -0.685. The molecule has 1 unspecified atom stereocenters. The number of fused-ring (bicyclic) bond motifs is 1. The summed E-state index contributed by atoms with van der Waals surface area (Å²) in [6, 6.07) is 6.02. The van der Waals surface area contributed by atoms with Crippen LogP contribution in [0.4, 0.5) is 14.6 Å². The molecule has 0 spiro atoms. The third-order valence-electron chi connectivity index (χ3n) is 4.39. The summed E-state index contributed by atoms with van der Waals surface area (Å²) < 4.78 is 33.7. The van der Waals surface area contributed by atoms with Crippen LogP contribution in [0, 0.1) is 11.6 Å². The summed E-state index contributed by atoms with van der Waals surface area (Å²) in [6.07, 6.45) is 2.09. The maximum Gasteiger partial charge on any atom is 0.293 e. The Kier molecular flexibility index (Phi) is 5.57. The second-order valence-corrected chi connectivity index (χ2v) is 7.74. The fourth-order valence-electron chi connectivity index (χ4n) is 3.22. The first-order valence-corrected chi connectivity index (χ1v) is 9.15. The van der Waals surface area contributed by atoms with Gasteiger partial charge in [0.2, 0.25) is 0 Å². The number of nitrogens with one attached hydrogen (secondary N) is 1. The number of nitrogens with zero attached hydrogens (tertiary/aromatic N) is 2. The van der Waals surface area contributed by atoms with Gasteiger partial charge in [-0.05, 0) is 45.4 Å². The van der Waals surface area contributed by atoms with Crippen LogP contribution in [0.2, 0.25) is 0 Å². The number of anilines is 1. The molecule has 6 nitrogen and oxygen atoms in total. The van der Waals surface area contributed by atoms with Crippen molar-refractivity contribution in [2.45, 2.75) is 38.8 Å². The smallest absolute Gasteiger partial charge is 0.293 e. The molecular formula is C21H23F2N3O3. The quantitative estimate of drug-likeness (QED) is 0.651. The Morgan fingerprint density at radius 3 is 2.62 bits per heavy atom. The number of rotatable bonds is 6. The molecule has 29 heavy (non-hydrogen) atoms. The zero-order chi connectivity index (χ0) is 21.3.